The number of ether oxygens (including phenoxy) is 1. The van der Waals surface area contributed by atoms with E-state index in [0.717, 1.165) is 59.1 Å². The Morgan fingerprint density at radius 3 is 2.49 bits per heavy atom. The van der Waals surface area contributed by atoms with Crippen LogP contribution in [0.25, 0.3) is 22.5 Å². The Morgan fingerprint density at radius 2 is 1.74 bits per heavy atom. The molecule has 178 valence electrons. The van der Waals surface area contributed by atoms with E-state index in [0.29, 0.717) is 11.7 Å². The fourth-order valence-electron chi connectivity index (χ4n) is 4.82. The highest BCUT2D eigenvalue weighted by atomic mass is 32.2. The van der Waals surface area contributed by atoms with Crippen molar-refractivity contribution in [2.24, 2.45) is 0 Å². The highest BCUT2D eigenvalue weighted by Gasteiger charge is 2.23. The molecule has 0 bridgehead atoms. The molecule has 1 aliphatic rings. The molecule has 1 atom stereocenters. The number of imidazole rings is 1. The third-order valence-electron chi connectivity index (χ3n) is 6.44. The first-order chi connectivity index (χ1) is 17.2. The summed E-state index contributed by atoms with van der Waals surface area (Å²) in [5.41, 5.74) is 6.72. The van der Waals surface area contributed by atoms with Gasteiger partial charge in [0.05, 0.1) is 11.4 Å². The van der Waals surface area contributed by atoms with Gasteiger partial charge in [0.25, 0.3) is 0 Å². The van der Waals surface area contributed by atoms with Gasteiger partial charge in [-0.2, -0.15) is 0 Å². The van der Waals surface area contributed by atoms with Crippen LogP contribution in [0.15, 0.2) is 84.0 Å². The van der Waals surface area contributed by atoms with E-state index < -0.39 is 5.97 Å². The minimum absolute atomic E-state index is 0.303. The number of carboxylic acid groups (broad SMARTS) is 1. The summed E-state index contributed by atoms with van der Waals surface area (Å²) >= 11 is 1.76. The average Bonchev–Trinajstić information content (AvgIpc) is 3.33. The van der Waals surface area contributed by atoms with Crippen molar-refractivity contribution in [2.75, 3.05) is 12.4 Å². The molecule has 0 spiro atoms. The summed E-state index contributed by atoms with van der Waals surface area (Å²) in [4.78, 5) is 19.5. The molecule has 3 aromatic carbocycles. The molecule has 5 rings (SSSR count). The average molecular weight is 485 g/mol. The number of nitrogens with one attached hydrogen (secondary N) is 1. The van der Waals surface area contributed by atoms with Crippen LogP contribution in [0, 0.1) is 0 Å². The van der Waals surface area contributed by atoms with Crippen LogP contribution >= 0.6 is 11.8 Å². The molecular formula is C29H28N2O3S. The molecule has 0 saturated heterocycles. The molecular weight excluding hydrogens is 456 g/mol. The lowest BCUT2D eigenvalue weighted by Gasteiger charge is -2.27. The van der Waals surface area contributed by atoms with Gasteiger partial charge in [-0.15, -0.1) is 0 Å². The van der Waals surface area contributed by atoms with E-state index in [2.05, 4.69) is 35.3 Å². The van der Waals surface area contributed by atoms with E-state index >= 15 is 0 Å². The van der Waals surface area contributed by atoms with Gasteiger partial charge in [-0.25, -0.2) is 9.78 Å². The van der Waals surface area contributed by atoms with Gasteiger partial charge in [-0.1, -0.05) is 84.6 Å². The molecule has 0 aliphatic heterocycles. The van der Waals surface area contributed by atoms with E-state index in [-0.39, 0.29) is 6.61 Å². The topological polar surface area (TPSA) is 75.2 Å². The molecule has 35 heavy (non-hydrogen) atoms. The Morgan fingerprint density at radius 1 is 1.00 bits per heavy atom. The van der Waals surface area contributed by atoms with Crippen molar-refractivity contribution >= 4 is 17.7 Å². The molecule has 4 aromatic rings. The maximum Gasteiger partial charge on any atom is 0.341 e. The van der Waals surface area contributed by atoms with E-state index in [9.17, 15) is 4.79 Å². The second-order valence-electron chi connectivity index (χ2n) is 8.73. The van der Waals surface area contributed by atoms with Crippen LogP contribution in [0.3, 0.4) is 0 Å². The van der Waals surface area contributed by atoms with Gasteiger partial charge in [0, 0.05) is 16.9 Å². The minimum Gasteiger partial charge on any atom is -0.482 e. The fourth-order valence-corrected chi connectivity index (χ4v) is 5.75. The number of aromatic nitrogens is 2. The van der Waals surface area contributed by atoms with Crippen molar-refractivity contribution in [1.82, 2.24) is 9.97 Å². The predicted octanol–water partition coefficient (Wildman–Crippen LogP) is 6.81. The predicted molar refractivity (Wildman–Crippen MR) is 140 cm³/mol. The lowest BCUT2D eigenvalue weighted by molar-refractivity contribution is -0.139. The van der Waals surface area contributed by atoms with Crippen LogP contribution in [0.5, 0.6) is 5.75 Å². The molecule has 6 heteroatoms. The normalized spacial score (nSPS) is 14.9. The summed E-state index contributed by atoms with van der Waals surface area (Å²) in [5.74, 6) is 1.15. The molecule has 0 saturated carbocycles. The number of rotatable bonds is 9. The van der Waals surface area contributed by atoms with Gasteiger partial charge in [0.2, 0.25) is 0 Å². The van der Waals surface area contributed by atoms with Crippen LogP contribution < -0.4 is 4.74 Å². The summed E-state index contributed by atoms with van der Waals surface area (Å²) in [5, 5.41) is 9.91. The number of benzene rings is 3. The summed E-state index contributed by atoms with van der Waals surface area (Å²) in [6.45, 7) is -0.303. The van der Waals surface area contributed by atoms with Crippen LogP contribution in [-0.2, 0) is 11.2 Å². The molecule has 1 aromatic heterocycles. The van der Waals surface area contributed by atoms with Crippen molar-refractivity contribution in [3.8, 4) is 28.3 Å². The molecule has 5 nitrogen and oxygen atoms in total. The third-order valence-corrected chi connectivity index (χ3v) is 7.34. The number of carboxylic acids is 1. The Balaban J connectivity index is 1.31. The summed E-state index contributed by atoms with van der Waals surface area (Å²) in [6, 6.07) is 26.7. The quantitative estimate of drug-likeness (QED) is 0.255. The summed E-state index contributed by atoms with van der Waals surface area (Å²) in [6.07, 6.45) is 4.20. The Hall–Kier alpha value is -3.51. The van der Waals surface area contributed by atoms with Crippen molar-refractivity contribution in [3.63, 3.8) is 0 Å². The van der Waals surface area contributed by atoms with Gasteiger partial charge in [-0.05, 0) is 48.8 Å². The number of hydrogen-bond acceptors (Lipinski definition) is 4. The molecule has 1 aliphatic carbocycles. The monoisotopic (exact) mass is 484 g/mol. The van der Waals surface area contributed by atoms with Crippen LogP contribution in [0.1, 0.15) is 36.3 Å². The molecule has 0 amide bonds. The Kier molecular flexibility index (Phi) is 7.19. The molecule has 1 heterocycles. The van der Waals surface area contributed by atoms with Crippen LogP contribution in [0.2, 0.25) is 0 Å². The molecule has 0 fully saturated rings. The number of aliphatic carboxylic acids is 1. The van der Waals surface area contributed by atoms with Gasteiger partial charge in [-0.3, -0.25) is 0 Å². The summed E-state index contributed by atoms with van der Waals surface area (Å²) < 4.78 is 5.57. The lowest BCUT2D eigenvalue weighted by atomic mass is 9.81. The summed E-state index contributed by atoms with van der Waals surface area (Å²) in [7, 11) is 0. The van der Waals surface area contributed by atoms with Crippen molar-refractivity contribution < 1.29 is 14.6 Å². The minimum atomic E-state index is -0.949. The number of carbonyl (C=O) groups is 1. The number of nitrogens with zero attached hydrogens (tertiary/aromatic N) is 1. The maximum atomic E-state index is 11.0. The SMILES string of the molecule is O=C(O)COc1cccc2c1CCCC2CCSc1nc(-c2ccccc2)c(-c2ccccc2)[nH]1. The van der Waals surface area contributed by atoms with Gasteiger partial charge in [0.1, 0.15) is 5.75 Å². The number of H-pyrrole nitrogens is 1. The smallest absolute Gasteiger partial charge is 0.341 e. The van der Waals surface area contributed by atoms with E-state index in [1.807, 2.05) is 48.5 Å². The number of thioether (sulfide) groups is 1. The zero-order valence-corrected chi connectivity index (χ0v) is 20.3. The molecule has 0 radical (unpaired) electrons. The first-order valence-electron chi connectivity index (χ1n) is 12.0. The van der Waals surface area contributed by atoms with E-state index in [1.165, 1.54) is 11.1 Å². The second-order valence-corrected chi connectivity index (χ2v) is 9.81. The zero-order valence-electron chi connectivity index (χ0n) is 19.4. The van der Waals surface area contributed by atoms with Gasteiger partial charge < -0.3 is 14.8 Å². The first-order valence-corrected chi connectivity index (χ1v) is 13.0. The second kappa shape index (κ2) is 10.8. The van der Waals surface area contributed by atoms with E-state index in [1.54, 1.807) is 11.8 Å². The van der Waals surface area contributed by atoms with Crippen LogP contribution in [-0.4, -0.2) is 33.4 Å². The zero-order chi connectivity index (χ0) is 24.0. The maximum absolute atomic E-state index is 11.0. The fraction of sp³-hybridized carbons (Fsp3) is 0.241. The third kappa shape index (κ3) is 5.43. The largest absolute Gasteiger partial charge is 0.482 e. The highest BCUT2D eigenvalue weighted by molar-refractivity contribution is 7.99. The van der Waals surface area contributed by atoms with Crippen molar-refractivity contribution in [3.05, 3.63) is 90.0 Å². The van der Waals surface area contributed by atoms with E-state index in [4.69, 9.17) is 14.8 Å². The standard InChI is InChI=1S/C29H28N2O3S/c32-26(33)19-34-25-16-8-14-23-20(13-7-15-24(23)25)17-18-35-29-30-27(21-9-3-1-4-10-21)28(31-29)22-11-5-2-6-12-22/h1-6,8-12,14,16,20H,7,13,15,17-19H2,(H,30,31)(H,32,33). The number of aromatic amines is 1. The molecule has 1 unspecified atom stereocenters. The lowest BCUT2D eigenvalue weighted by Crippen LogP contribution is -2.15. The Bertz CT molecular complexity index is 1230. The van der Waals surface area contributed by atoms with Crippen molar-refractivity contribution in [1.29, 1.82) is 0 Å². The first kappa shape index (κ1) is 23.2. The Labute approximate surface area is 209 Å². The highest BCUT2D eigenvalue weighted by Crippen LogP contribution is 2.40. The van der Waals surface area contributed by atoms with Crippen molar-refractivity contribution in [2.45, 2.75) is 36.8 Å². The van der Waals surface area contributed by atoms with Gasteiger partial charge >= 0.3 is 5.97 Å². The molecule has 2 N–H and O–H groups in total. The number of hydrogen-bond donors (Lipinski definition) is 2. The van der Waals surface area contributed by atoms with Crippen LogP contribution in [0.4, 0.5) is 0 Å². The number of fused-ring (bicyclic) bond motifs is 1. The van der Waals surface area contributed by atoms with Gasteiger partial charge in [0.15, 0.2) is 11.8 Å².